The summed E-state index contributed by atoms with van der Waals surface area (Å²) in [5.41, 5.74) is 10.4. The van der Waals surface area contributed by atoms with E-state index in [-0.39, 0.29) is 0 Å². The first-order valence-corrected chi connectivity index (χ1v) is 3.80. The van der Waals surface area contributed by atoms with Gasteiger partial charge in [0.25, 0.3) is 0 Å². The number of ether oxygens (including phenoxy) is 1. The number of nitrogens with two attached hydrogens (primary N) is 2. The van der Waals surface area contributed by atoms with E-state index in [0.29, 0.717) is 0 Å². The first-order chi connectivity index (χ1) is 5.86. The Morgan fingerprint density at radius 2 is 1.77 bits per heavy atom. The number of carbonyl (C=O) groups excluding carboxylic acids is 1. The van der Waals surface area contributed by atoms with Crippen molar-refractivity contribution < 1.29 is 19.4 Å². The van der Waals surface area contributed by atoms with Gasteiger partial charge in [0.1, 0.15) is 18.2 Å². The smallest absolute Gasteiger partial charge is 0.324 e. The highest BCUT2D eigenvalue weighted by molar-refractivity contribution is 5.77. The monoisotopic (exact) mass is 190 g/mol. The lowest BCUT2D eigenvalue weighted by atomic mass is 10.2. The van der Waals surface area contributed by atoms with Crippen molar-refractivity contribution in [3.05, 3.63) is 0 Å². The molecular formula is C7H14N2O4. The van der Waals surface area contributed by atoms with Crippen molar-refractivity contribution in [1.82, 2.24) is 0 Å². The van der Waals surface area contributed by atoms with Crippen molar-refractivity contribution in [1.29, 1.82) is 0 Å². The van der Waals surface area contributed by atoms with Gasteiger partial charge in [0.05, 0.1) is 0 Å². The summed E-state index contributed by atoms with van der Waals surface area (Å²) in [4.78, 5) is 21.2. The molecule has 0 aromatic carbocycles. The van der Waals surface area contributed by atoms with E-state index in [9.17, 15) is 9.59 Å². The maximum Gasteiger partial charge on any atom is 0.324 e. The van der Waals surface area contributed by atoms with E-state index in [4.69, 9.17) is 16.6 Å². The summed E-state index contributed by atoms with van der Waals surface area (Å²) >= 11 is 0. The Morgan fingerprint density at radius 3 is 2.08 bits per heavy atom. The van der Waals surface area contributed by atoms with E-state index in [1.165, 1.54) is 13.8 Å². The second-order valence-corrected chi connectivity index (χ2v) is 2.79. The van der Waals surface area contributed by atoms with Crippen LogP contribution in [0, 0.1) is 0 Å². The maximum absolute atomic E-state index is 10.9. The molecule has 0 fully saturated rings. The van der Waals surface area contributed by atoms with E-state index in [1.807, 2.05) is 0 Å². The molecular weight excluding hydrogens is 176 g/mol. The molecule has 0 aliphatic carbocycles. The molecule has 0 rings (SSSR count). The average Bonchev–Trinajstić information content (AvgIpc) is 2.02. The predicted molar refractivity (Wildman–Crippen MR) is 44.8 cm³/mol. The fourth-order valence-corrected chi connectivity index (χ4v) is 0.565. The highest BCUT2D eigenvalue weighted by Gasteiger charge is 2.24. The Labute approximate surface area is 75.8 Å². The zero-order chi connectivity index (χ0) is 10.6. The lowest BCUT2D eigenvalue weighted by Crippen LogP contribution is -2.44. The first kappa shape index (κ1) is 11.9. The van der Waals surface area contributed by atoms with Gasteiger partial charge in [-0.1, -0.05) is 0 Å². The van der Waals surface area contributed by atoms with Crippen LogP contribution in [0.25, 0.3) is 0 Å². The van der Waals surface area contributed by atoms with Crippen molar-refractivity contribution in [2.24, 2.45) is 11.5 Å². The number of carbonyl (C=O) groups is 2. The van der Waals surface area contributed by atoms with Crippen LogP contribution in [0.3, 0.4) is 0 Å². The van der Waals surface area contributed by atoms with Crippen molar-refractivity contribution in [2.75, 3.05) is 0 Å². The van der Waals surface area contributed by atoms with Crippen molar-refractivity contribution in [3.8, 4) is 0 Å². The molecule has 0 aliphatic rings. The number of hydrogen-bond donors (Lipinski definition) is 3. The second kappa shape index (κ2) is 4.78. The summed E-state index contributed by atoms with van der Waals surface area (Å²) in [6, 6.07) is -1.99. The molecule has 13 heavy (non-hydrogen) atoms. The molecule has 0 aromatic heterocycles. The van der Waals surface area contributed by atoms with Gasteiger partial charge in [-0.25, -0.2) is 0 Å². The summed E-state index contributed by atoms with van der Waals surface area (Å²) in [7, 11) is 0. The Hall–Kier alpha value is -1.14. The standard InChI is InChI=1S/C7H14N2O4/c1-3(8)7(12)13-4(2)5(9)6(10)11/h3-5H,8-9H2,1-2H3,(H,10,11)/t3-,4+,5+/m1/s1. The Bertz CT molecular complexity index is 205. The normalized spacial score (nSPS) is 17.2. The average molecular weight is 190 g/mol. The summed E-state index contributed by atoms with van der Waals surface area (Å²) < 4.78 is 4.67. The Kier molecular flexibility index (Phi) is 4.36. The van der Waals surface area contributed by atoms with E-state index < -0.39 is 30.1 Å². The molecule has 0 saturated heterocycles. The van der Waals surface area contributed by atoms with Gasteiger partial charge in [0.2, 0.25) is 0 Å². The molecule has 0 aromatic rings. The minimum atomic E-state index is -1.22. The van der Waals surface area contributed by atoms with Gasteiger partial charge in [-0.05, 0) is 13.8 Å². The SMILES string of the molecule is C[C@H](OC(=O)[C@@H](C)N)[C@H](N)C(=O)O. The third-order valence-electron chi connectivity index (χ3n) is 1.46. The number of hydrogen-bond acceptors (Lipinski definition) is 5. The molecule has 0 amide bonds. The van der Waals surface area contributed by atoms with Crippen LogP contribution in [-0.2, 0) is 14.3 Å². The van der Waals surface area contributed by atoms with Crippen LogP contribution in [0.5, 0.6) is 0 Å². The number of rotatable bonds is 4. The maximum atomic E-state index is 10.9. The molecule has 6 heteroatoms. The number of aliphatic carboxylic acids is 1. The summed E-state index contributed by atoms with van der Waals surface area (Å²) in [5, 5.41) is 8.46. The minimum absolute atomic E-state index is 0.663. The highest BCUT2D eigenvalue weighted by atomic mass is 16.5. The van der Waals surface area contributed by atoms with Crippen LogP contribution >= 0.6 is 0 Å². The van der Waals surface area contributed by atoms with Crippen LogP contribution in [0.15, 0.2) is 0 Å². The van der Waals surface area contributed by atoms with Gasteiger partial charge in [-0.2, -0.15) is 0 Å². The van der Waals surface area contributed by atoms with Crippen molar-refractivity contribution >= 4 is 11.9 Å². The molecule has 0 bridgehead atoms. The van der Waals surface area contributed by atoms with E-state index >= 15 is 0 Å². The van der Waals surface area contributed by atoms with Crippen LogP contribution in [0.1, 0.15) is 13.8 Å². The predicted octanol–water partition coefficient (Wildman–Crippen LogP) is -1.32. The van der Waals surface area contributed by atoms with Crippen LogP contribution in [0.4, 0.5) is 0 Å². The molecule has 0 radical (unpaired) electrons. The first-order valence-electron chi connectivity index (χ1n) is 3.80. The van der Waals surface area contributed by atoms with Crippen LogP contribution in [-0.4, -0.2) is 35.2 Å². The molecule has 0 spiro atoms. The van der Waals surface area contributed by atoms with Crippen molar-refractivity contribution in [2.45, 2.75) is 32.0 Å². The second-order valence-electron chi connectivity index (χ2n) is 2.79. The fourth-order valence-electron chi connectivity index (χ4n) is 0.565. The topological polar surface area (TPSA) is 116 Å². The summed E-state index contributed by atoms with van der Waals surface area (Å²) in [6.07, 6.45) is -0.879. The quantitative estimate of drug-likeness (QED) is 0.473. The largest absolute Gasteiger partial charge is 0.480 e. The van der Waals surface area contributed by atoms with E-state index in [1.54, 1.807) is 0 Å². The summed E-state index contributed by atoms with van der Waals surface area (Å²) in [6.45, 7) is 2.85. The van der Waals surface area contributed by atoms with Gasteiger partial charge < -0.3 is 21.3 Å². The molecule has 0 saturated carbocycles. The third kappa shape index (κ3) is 3.86. The Morgan fingerprint density at radius 1 is 1.31 bits per heavy atom. The number of carboxylic acid groups (broad SMARTS) is 1. The minimum Gasteiger partial charge on any atom is -0.480 e. The van der Waals surface area contributed by atoms with Crippen molar-refractivity contribution in [3.63, 3.8) is 0 Å². The molecule has 0 aliphatic heterocycles. The van der Waals surface area contributed by atoms with Crippen LogP contribution < -0.4 is 11.5 Å². The zero-order valence-corrected chi connectivity index (χ0v) is 7.56. The van der Waals surface area contributed by atoms with Gasteiger partial charge in [-0.3, -0.25) is 9.59 Å². The molecule has 0 unspecified atom stereocenters. The van der Waals surface area contributed by atoms with Gasteiger partial charge in [0.15, 0.2) is 0 Å². The van der Waals surface area contributed by atoms with E-state index in [2.05, 4.69) is 4.74 Å². The molecule has 76 valence electrons. The van der Waals surface area contributed by atoms with Gasteiger partial charge in [0, 0.05) is 0 Å². The highest BCUT2D eigenvalue weighted by Crippen LogP contribution is 1.98. The summed E-state index contributed by atoms with van der Waals surface area (Å²) in [5.74, 6) is -1.88. The third-order valence-corrected chi connectivity index (χ3v) is 1.46. The molecule has 0 heterocycles. The molecule has 3 atom stereocenters. The van der Waals surface area contributed by atoms with Gasteiger partial charge in [-0.15, -0.1) is 0 Å². The Balaban J connectivity index is 4.07. The zero-order valence-electron chi connectivity index (χ0n) is 7.56. The van der Waals surface area contributed by atoms with Crippen LogP contribution in [0.2, 0.25) is 0 Å². The lowest BCUT2D eigenvalue weighted by molar-refractivity contribution is -0.154. The molecule has 5 N–H and O–H groups in total. The van der Waals surface area contributed by atoms with Gasteiger partial charge >= 0.3 is 11.9 Å². The molecule has 6 nitrogen and oxygen atoms in total. The lowest BCUT2D eigenvalue weighted by Gasteiger charge is -2.17. The van der Waals surface area contributed by atoms with E-state index in [0.717, 1.165) is 0 Å². The fraction of sp³-hybridized carbons (Fsp3) is 0.714. The number of esters is 1. The number of carboxylic acids is 1.